The van der Waals surface area contributed by atoms with Crippen molar-refractivity contribution in [2.75, 3.05) is 26.2 Å². The third-order valence-electron chi connectivity index (χ3n) is 3.56. The lowest BCUT2D eigenvalue weighted by atomic mass is 10.1. The molecule has 5 heteroatoms. The second-order valence-corrected chi connectivity index (χ2v) is 5.36. The minimum Gasteiger partial charge on any atom is -0.355 e. The van der Waals surface area contributed by atoms with Crippen molar-refractivity contribution in [3.8, 4) is 0 Å². The van der Waals surface area contributed by atoms with Crippen LogP contribution in [0.2, 0.25) is 0 Å². The summed E-state index contributed by atoms with van der Waals surface area (Å²) in [7, 11) is 0. The van der Waals surface area contributed by atoms with Gasteiger partial charge in [0.25, 0.3) is 0 Å². The van der Waals surface area contributed by atoms with Gasteiger partial charge in [-0.25, -0.2) is 4.39 Å². The maximum atomic E-state index is 12.7. The first-order valence-electron chi connectivity index (χ1n) is 7.12. The Morgan fingerprint density at radius 2 is 2.15 bits per heavy atom. The van der Waals surface area contributed by atoms with Crippen LogP contribution in [0.1, 0.15) is 18.4 Å². The van der Waals surface area contributed by atoms with E-state index in [4.69, 9.17) is 5.73 Å². The van der Waals surface area contributed by atoms with Crippen LogP contribution in [0.3, 0.4) is 0 Å². The Bertz CT molecular complexity index is 435. The van der Waals surface area contributed by atoms with Gasteiger partial charge in [-0.2, -0.15) is 0 Å². The molecule has 0 saturated carbocycles. The first-order valence-corrected chi connectivity index (χ1v) is 7.12. The lowest BCUT2D eigenvalue weighted by molar-refractivity contribution is -0.122. The number of rotatable bonds is 5. The molecular weight excluding hydrogens is 257 g/mol. The largest absolute Gasteiger partial charge is 0.355 e. The second-order valence-electron chi connectivity index (χ2n) is 5.36. The molecule has 1 aliphatic heterocycles. The third kappa shape index (κ3) is 4.90. The summed E-state index contributed by atoms with van der Waals surface area (Å²) < 4.78 is 12.7. The highest BCUT2D eigenvalue weighted by atomic mass is 19.1. The van der Waals surface area contributed by atoms with Gasteiger partial charge in [-0.15, -0.1) is 0 Å². The van der Waals surface area contributed by atoms with Crippen molar-refractivity contribution in [2.45, 2.75) is 25.3 Å². The molecule has 0 aromatic heterocycles. The minimum absolute atomic E-state index is 0.0289. The van der Waals surface area contributed by atoms with Crippen LogP contribution in [-0.2, 0) is 11.2 Å². The number of hydrogen-bond donors (Lipinski definition) is 2. The van der Waals surface area contributed by atoms with Crippen molar-refractivity contribution in [1.29, 1.82) is 0 Å². The van der Waals surface area contributed by atoms with Gasteiger partial charge in [0, 0.05) is 19.1 Å². The van der Waals surface area contributed by atoms with Gasteiger partial charge < -0.3 is 11.1 Å². The predicted molar refractivity (Wildman–Crippen MR) is 76.8 cm³/mol. The smallest absolute Gasteiger partial charge is 0.234 e. The van der Waals surface area contributed by atoms with Crippen molar-refractivity contribution in [1.82, 2.24) is 10.2 Å². The van der Waals surface area contributed by atoms with E-state index in [2.05, 4.69) is 10.2 Å². The number of piperidine rings is 1. The zero-order valence-electron chi connectivity index (χ0n) is 11.6. The lowest BCUT2D eigenvalue weighted by Crippen LogP contribution is -2.47. The maximum absolute atomic E-state index is 12.7. The Morgan fingerprint density at radius 3 is 2.85 bits per heavy atom. The quantitative estimate of drug-likeness (QED) is 0.842. The number of carbonyl (C=O) groups is 1. The van der Waals surface area contributed by atoms with Crippen molar-refractivity contribution in [3.63, 3.8) is 0 Å². The number of halogens is 1. The van der Waals surface area contributed by atoms with Crippen LogP contribution < -0.4 is 11.1 Å². The van der Waals surface area contributed by atoms with Gasteiger partial charge in [-0.05, 0) is 43.5 Å². The Labute approximate surface area is 119 Å². The van der Waals surface area contributed by atoms with E-state index >= 15 is 0 Å². The van der Waals surface area contributed by atoms with E-state index in [0.717, 1.165) is 31.5 Å². The fourth-order valence-corrected chi connectivity index (χ4v) is 2.49. The average molecular weight is 279 g/mol. The van der Waals surface area contributed by atoms with Crippen LogP contribution in [0.25, 0.3) is 0 Å². The molecular formula is C15H22FN3O. The molecule has 1 saturated heterocycles. The number of carbonyl (C=O) groups excluding carboxylic acids is 1. The van der Waals surface area contributed by atoms with Crippen LogP contribution in [0.5, 0.6) is 0 Å². The van der Waals surface area contributed by atoms with E-state index in [0.29, 0.717) is 19.5 Å². The number of hydrogen-bond acceptors (Lipinski definition) is 3. The zero-order valence-corrected chi connectivity index (χ0v) is 11.6. The van der Waals surface area contributed by atoms with Gasteiger partial charge in [0.05, 0.1) is 6.54 Å². The first-order chi connectivity index (χ1) is 9.63. The molecule has 20 heavy (non-hydrogen) atoms. The molecule has 3 N–H and O–H groups in total. The molecule has 0 aliphatic carbocycles. The monoisotopic (exact) mass is 279 g/mol. The number of nitrogens with two attached hydrogens (primary N) is 1. The van der Waals surface area contributed by atoms with Crippen LogP contribution in [0.15, 0.2) is 24.3 Å². The van der Waals surface area contributed by atoms with E-state index in [1.165, 1.54) is 12.1 Å². The minimum atomic E-state index is -0.237. The highest BCUT2D eigenvalue weighted by Crippen LogP contribution is 2.07. The highest BCUT2D eigenvalue weighted by Gasteiger charge is 2.18. The molecule has 1 amide bonds. The van der Waals surface area contributed by atoms with Gasteiger partial charge >= 0.3 is 0 Å². The summed E-state index contributed by atoms with van der Waals surface area (Å²) in [5.41, 5.74) is 6.91. The number of nitrogens with one attached hydrogen (secondary N) is 1. The molecule has 1 aliphatic rings. The van der Waals surface area contributed by atoms with Crippen LogP contribution in [0.4, 0.5) is 4.39 Å². The van der Waals surface area contributed by atoms with Crippen molar-refractivity contribution in [3.05, 3.63) is 35.6 Å². The van der Waals surface area contributed by atoms with Gasteiger partial charge in [0.15, 0.2) is 0 Å². The van der Waals surface area contributed by atoms with Crippen molar-refractivity contribution >= 4 is 5.91 Å². The van der Waals surface area contributed by atoms with Crippen LogP contribution in [-0.4, -0.2) is 43.0 Å². The topological polar surface area (TPSA) is 58.4 Å². The number of amides is 1. The van der Waals surface area contributed by atoms with Gasteiger partial charge in [0.1, 0.15) is 5.82 Å². The summed E-state index contributed by atoms with van der Waals surface area (Å²) in [6.07, 6.45) is 2.82. The lowest BCUT2D eigenvalue weighted by Gasteiger charge is -2.29. The summed E-state index contributed by atoms with van der Waals surface area (Å²) in [6.45, 7) is 2.73. The Balaban J connectivity index is 1.66. The SMILES string of the molecule is NC1CCCN(CC(=O)NCCc2ccc(F)cc2)C1. The summed E-state index contributed by atoms with van der Waals surface area (Å²) >= 11 is 0. The second kappa shape index (κ2) is 7.36. The van der Waals surface area contributed by atoms with E-state index in [9.17, 15) is 9.18 Å². The predicted octanol–water partition coefficient (Wildman–Crippen LogP) is 0.908. The van der Waals surface area contributed by atoms with Gasteiger partial charge in [-0.3, -0.25) is 9.69 Å². The average Bonchev–Trinajstić information content (AvgIpc) is 2.41. The summed E-state index contributed by atoms with van der Waals surface area (Å²) in [5.74, 6) is -0.208. The normalized spacial score (nSPS) is 19.8. The molecule has 1 aromatic carbocycles. The standard InChI is InChI=1S/C15H22FN3O/c16-13-5-3-12(4-6-13)7-8-18-15(20)11-19-9-1-2-14(17)10-19/h3-6,14H,1-2,7-11,17H2,(H,18,20). The summed E-state index contributed by atoms with van der Waals surface area (Å²) in [4.78, 5) is 13.9. The van der Waals surface area contributed by atoms with E-state index < -0.39 is 0 Å². The number of likely N-dealkylation sites (tertiary alicyclic amines) is 1. The van der Waals surface area contributed by atoms with E-state index in [1.807, 2.05) is 0 Å². The van der Waals surface area contributed by atoms with Crippen molar-refractivity contribution in [2.24, 2.45) is 5.73 Å². The molecule has 110 valence electrons. The Morgan fingerprint density at radius 1 is 1.40 bits per heavy atom. The third-order valence-corrected chi connectivity index (χ3v) is 3.56. The molecule has 4 nitrogen and oxygen atoms in total. The fraction of sp³-hybridized carbons (Fsp3) is 0.533. The van der Waals surface area contributed by atoms with Gasteiger partial charge in [0.2, 0.25) is 5.91 Å². The molecule has 1 atom stereocenters. The molecule has 1 aromatic rings. The molecule has 0 bridgehead atoms. The molecule has 0 radical (unpaired) electrons. The van der Waals surface area contributed by atoms with E-state index in [-0.39, 0.29) is 17.8 Å². The molecule has 1 heterocycles. The first kappa shape index (κ1) is 14.9. The van der Waals surface area contributed by atoms with Crippen molar-refractivity contribution < 1.29 is 9.18 Å². The van der Waals surface area contributed by atoms with Gasteiger partial charge in [-0.1, -0.05) is 12.1 Å². The fourth-order valence-electron chi connectivity index (χ4n) is 2.49. The highest BCUT2D eigenvalue weighted by molar-refractivity contribution is 5.78. The molecule has 1 unspecified atom stereocenters. The number of benzene rings is 1. The molecule has 2 rings (SSSR count). The Hall–Kier alpha value is -1.46. The molecule has 0 spiro atoms. The summed E-state index contributed by atoms with van der Waals surface area (Å²) in [5, 5.41) is 2.89. The number of nitrogens with zero attached hydrogens (tertiary/aromatic N) is 1. The van der Waals surface area contributed by atoms with Crippen LogP contribution >= 0.6 is 0 Å². The van der Waals surface area contributed by atoms with Crippen LogP contribution in [0, 0.1) is 5.82 Å². The zero-order chi connectivity index (χ0) is 14.4. The Kier molecular flexibility index (Phi) is 5.49. The van der Waals surface area contributed by atoms with E-state index in [1.54, 1.807) is 12.1 Å². The summed E-state index contributed by atoms with van der Waals surface area (Å²) in [6, 6.07) is 6.55. The molecule has 1 fully saturated rings. The maximum Gasteiger partial charge on any atom is 0.234 e.